The minimum atomic E-state index is -5.17. The quantitative estimate of drug-likeness (QED) is 0.222. The number of methoxy groups -OCH3 is 1. The molecule has 2 rings (SSSR count). The van der Waals surface area contributed by atoms with Gasteiger partial charge in [0.1, 0.15) is 0 Å². The van der Waals surface area contributed by atoms with E-state index in [1.165, 1.54) is 7.11 Å². The van der Waals surface area contributed by atoms with E-state index in [9.17, 15) is 9.59 Å². The molecule has 1 aliphatic rings. The number of hydrogen-bond donors (Lipinski definition) is 2. The van der Waals surface area contributed by atoms with Crippen molar-refractivity contribution in [1.82, 2.24) is 5.32 Å². The van der Waals surface area contributed by atoms with Crippen molar-refractivity contribution in [3.05, 3.63) is 57.4 Å². The fourth-order valence-electron chi connectivity index (χ4n) is 3.12. The predicted octanol–water partition coefficient (Wildman–Crippen LogP) is 0.928. The molecule has 13 heteroatoms. The zero-order chi connectivity index (χ0) is 25.2. The van der Waals surface area contributed by atoms with Crippen LogP contribution in [0, 0.1) is 0 Å². The number of hydrogen-bond acceptors (Lipinski definition) is 11. The summed E-state index contributed by atoms with van der Waals surface area (Å²) in [6, 6.07) is 7.05. The molecule has 0 aromatic heterocycles. The van der Waals surface area contributed by atoms with Crippen LogP contribution in [0.1, 0.15) is 25.3 Å². The normalized spacial score (nSPS) is 15.9. The molecule has 0 aliphatic carbocycles. The largest absolute Gasteiger partial charge is 0.759 e. The van der Waals surface area contributed by atoms with Gasteiger partial charge in [0.05, 0.1) is 49.7 Å². The van der Waals surface area contributed by atoms with Crippen molar-refractivity contribution in [3.63, 3.8) is 0 Å². The molecule has 11 nitrogen and oxygen atoms in total. The Morgan fingerprint density at radius 2 is 1.79 bits per heavy atom. The van der Waals surface area contributed by atoms with Crippen molar-refractivity contribution >= 4 is 33.9 Å². The number of ether oxygens (including phenoxy) is 3. The topological polar surface area (TPSA) is 180 Å². The molecule has 1 aliphatic heterocycles. The molecule has 0 fully saturated rings. The van der Waals surface area contributed by atoms with Crippen LogP contribution in [0.2, 0.25) is 5.02 Å². The average Bonchev–Trinajstić information content (AvgIpc) is 2.72. The summed E-state index contributed by atoms with van der Waals surface area (Å²) in [6.45, 7) is 4.42. The fraction of sp³-hybridized carbons (Fsp3) is 0.400. The lowest BCUT2D eigenvalue weighted by Gasteiger charge is -2.31. The zero-order valence-electron chi connectivity index (χ0n) is 18.3. The van der Waals surface area contributed by atoms with Crippen molar-refractivity contribution in [3.8, 4) is 0 Å². The Balaban J connectivity index is 0.000000981. The van der Waals surface area contributed by atoms with Gasteiger partial charge in [-0.3, -0.25) is 8.42 Å². The lowest BCUT2D eigenvalue weighted by atomic mass is 9.80. The number of esters is 2. The molecule has 0 spiro atoms. The Hall–Kier alpha value is -2.48. The summed E-state index contributed by atoms with van der Waals surface area (Å²) in [6.07, 6.45) is 0. The molecule has 184 valence electrons. The number of nitrogens with one attached hydrogen (secondary N) is 1. The van der Waals surface area contributed by atoms with E-state index in [2.05, 4.69) is 5.32 Å². The number of carbonyl (C=O) groups excluding carboxylic acids is 2. The van der Waals surface area contributed by atoms with Crippen molar-refractivity contribution in [2.45, 2.75) is 19.8 Å². The number of allylic oxidation sites excluding steroid dienone is 1. The van der Waals surface area contributed by atoms with Gasteiger partial charge in [-0.15, -0.1) is 0 Å². The second-order valence-corrected chi connectivity index (χ2v) is 7.70. The van der Waals surface area contributed by atoms with Crippen LogP contribution in [0.3, 0.4) is 0 Å². The summed E-state index contributed by atoms with van der Waals surface area (Å²) in [5.74, 6) is -1.86. The molecule has 0 saturated heterocycles. The van der Waals surface area contributed by atoms with Gasteiger partial charge in [-0.1, -0.05) is 29.8 Å². The van der Waals surface area contributed by atoms with Crippen LogP contribution in [0.15, 0.2) is 46.8 Å². The third kappa shape index (κ3) is 8.76. The molecule has 1 aromatic rings. The van der Waals surface area contributed by atoms with E-state index in [1.54, 1.807) is 38.1 Å². The minimum absolute atomic E-state index is 0.109. The van der Waals surface area contributed by atoms with Crippen LogP contribution in [0.5, 0.6) is 0 Å². The van der Waals surface area contributed by atoms with Gasteiger partial charge >= 0.3 is 11.9 Å². The van der Waals surface area contributed by atoms with Crippen molar-refractivity contribution in [1.29, 1.82) is 0 Å². The van der Waals surface area contributed by atoms with Crippen LogP contribution in [-0.2, 0) is 34.2 Å². The third-order valence-electron chi connectivity index (χ3n) is 4.27. The maximum Gasteiger partial charge on any atom is 0.336 e. The van der Waals surface area contributed by atoms with E-state index < -0.39 is 28.3 Å². The van der Waals surface area contributed by atoms with Crippen LogP contribution in [0.4, 0.5) is 0 Å². The van der Waals surface area contributed by atoms with Crippen LogP contribution in [-0.4, -0.2) is 62.9 Å². The van der Waals surface area contributed by atoms with E-state index in [0.717, 1.165) is 0 Å². The predicted molar refractivity (Wildman–Crippen MR) is 116 cm³/mol. The molecule has 1 aromatic carbocycles. The zero-order valence-corrected chi connectivity index (χ0v) is 19.8. The van der Waals surface area contributed by atoms with Crippen LogP contribution >= 0.6 is 11.6 Å². The summed E-state index contributed by atoms with van der Waals surface area (Å²) in [5, 5.41) is 3.52. The van der Waals surface area contributed by atoms with E-state index >= 15 is 0 Å². The Bertz CT molecular complexity index is 1010. The molecule has 0 amide bonds. The molecular formula is C20H25ClN2O9S-2. The van der Waals surface area contributed by atoms with Crippen LogP contribution in [0.25, 0.3) is 0 Å². The first kappa shape index (κ1) is 28.6. The number of halogens is 1. The Labute approximate surface area is 197 Å². The van der Waals surface area contributed by atoms with E-state index in [1.807, 2.05) is 0 Å². The van der Waals surface area contributed by atoms with Gasteiger partial charge in [0, 0.05) is 27.7 Å². The first-order chi connectivity index (χ1) is 15.5. The summed E-state index contributed by atoms with van der Waals surface area (Å²) < 4.78 is 49.9. The first-order valence-electron chi connectivity index (χ1n) is 9.61. The molecule has 3 N–H and O–H groups in total. The molecule has 1 unspecified atom stereocenters. The van der Waals surface area contributed by atoms with Gasteiger partial charge in [0.2, 0.25) is 0 Å². The van der Waals surface area contributed by atoms with E-state index in [4.69, 9.17) is 49.1 Å². The summed E-state index contributed by atoms with van der Waals surface area (Å²) in [5.41, 5.74) is 7.70. The van der Waals surface area contributed by atoms with Gasteiger partial charge in [0.15, 0.2) is 0 Å². The second kappa shape index (κ2) is 13.3. The molecular weight excluding hydrogens is 480 g/mol. The maximum absolute atomic E-state index is 12.9. The van der Waals surface area contributed by atoms with E-state index in [-0.39, 0.29) is 18.8 Å². The highest BCUT2D eigenvalue weighted by Gasteiger charge is 2.39. The number of dihydropyridines is 1. The second-order valence-electron chi connectivity index (χ2n) is 6.47. The lowest BCUT2D eigenvalue weighted by Crippen LogP contribution is -2.35. The highest BCUT2D eigenvalue weighted by Crippen LogP contribution is 2.41. The molecule has 0 bridgehead atoms. The Morgan fingerprint density at radius 1 is 1.18 bits per heavy atom. The smallest absolute Gasteiger partial charge is 0.336 e. The molecule has 1 heterocycles. The van der Waals surface area contributed by atoms with Gasteiger partial charge in [0.25, 0.3) is 0 Å². The Morgan fingerprint density at radius 3 is 2.30 bits per heavy atom. The molecule has 0 saturated carbocycles. The lowest BCUT2D eigenvalue weighted by molar-refractivity contribution is -0.139. The molecule has 1 atom stereocenters. The number of benzene rings is 1. The highest BCUT2D eigenvalue weighted by molar-refractivity contribution is 7.79. The van der Waals surface area contributed by atoms with Crippen molar-refractivity contribution in [2.24, 2.45) is 5.73 Å². The fourth-order valence-corrected chi connectivity index (χ4v) is 3.36. The summed E-state index contributed by atoms with van der Waals surface area (Å²) >= 11 is 6.42. The molecule has 0 radical (unpaired) electrons. The number of rotatable bonds is 8. The maximum atomic E-state index is 12.9. The molecule has 33 heavy (non-hydrogen) atoms. The summed E-state index contributed by atoms with van der Waals surface area (Å²) in [4.78, 5) is 25.5. The number of carbonyl (C=O) groups is 2. The van der Waals surface area contributed by atoms with Gasteiger partial charge in [-0.2, -0.15) is 0 Å². The first-order valence-corrected chi connectivity index (χ1v) is 11.3. The third-order valence-corrected chi connectivity index (χ3v) is 4.61. The monoisotopic (exact) mass is 504 g/mol. The Kier molecular flexibility index (Phi) is 11.5. The standard InChI is InChI=1S/C20H25ClN2O5.H2O4S/c1-4-28-20(25)18-15(11-27-10-9-22)23-12(2)16(19(24)26-3)17(18)13-7-5-6-8-14(13)21;1-5(2,3)4/h5-8,17,23H,4,9-11,22H2,1-3H3;(H2,1,2,3,4)/p-2. The minimum Gasteiger partial charge on any atom is -0.759 e. The highest BCUT2D eigenvalue weighted by atomic mass is 35.5. The SMILES string of the molecule is CCOC(=O)C1=C(COCCN)NC(C)=C(C(=O)OC)C1c1ccccc1Cl.O=S(=O)([O-])[O-]. The van der Waals surface area contributed by atoms with Gasteiger partial charge in [-0.05, 0) is 25.5 Å². The summed E-state index contributed by atoms with van der Waals surface area (Å²) in [7, 11) is -3.88. The van der Waals surface area contributed by atoms with Crippen molar-refractivity contribution < 1.29 is 41.3 Å². The van der Waals surface area contributed by atoms with Gasteiger partial charge in [-0.25, -0.2) is 9.59 Å². The van der Waals surface area contributed by atoms with Crippen LogP contribution < -0.4 is 11.1 Å². The number of nitrogens with two attached hydrogens (primary N) is 1. The van der Waals surface area contributed by atoms with Gasteiger partial charge < -0.3 is 34.4 Å². The average molecular weight is 505 g/mol. The van der Waals surface area contributed by atoms with Crippen molar-refractivity contribution in [2.75, 3.05) is 33.5 Å². The van der Waals surface area contributed by atoms with E-state index in [0.29, 0.717) is 40.7 Å².